The van der Waals surface area contributed by atoms with E-state index in [4.69, 9.17) is 4.74 Å². The molecule has 2 rings (SSSR count). The summed E-state index contributed by atoms with van der Waals surface area (Å²) in [5.41, 5.74) is 1.10. The molecule has 1 saturated heterocycles. The lowest BCUT2D eigenvalue weighted by atomic mass is 10.2. The van der Waals surface area contributed by atoms with Gasteiger partial charge in [-0.1, -0.05) is 13.3 Å². The van der Waals surface area contributed by atoms with Gasteiger partial charge in [0.1, 0.15) is 12.1 Å². The second-order valence-corrected chi connectivity index (χ2v) is 4.16. The minimum absolute atomic E-state index is 0.351. The SMILES string of the molecule is CCCc1cc(NCC2CCCO2)ncn1. The number of aromatic nitrogens is 2. The van der Waals surface area contributed by atoms with E-state index < -0.39 is 0 Å². The fourth-order valence-corrected chi connectivity index (χ4v) is 1.91. The molecular weight excluding hydrogens is 202 g/mol. The number of nitrogens with one attached hydrogen (secondary N) is 1. The summed E-state index contributed by atoms with van der Waals surface area (Å²) in [4.78, 5) is 8.43. The molecule has 0 aromatic carbocycles. The molecule has 1 aliphatic rings. The van der Waals surface area contributed by atoms with Gasteiger partial charge in [0.25, 0.3) is 0 Å². The van der Waals surface area contributed by atoms with Gasteiger partial charge >= 0.3 is 0 Å². The topological polar surface area (TPSA) is 47.0 Å². The summed E-state index contributed by atoms with van der Waals surface area (Å²) in [6, 6.07) is 2.03. The third kappa shape index (κ3) is 3.17. The van der Waals surface area contributed by atoms with Crippen LogP contribution in [-0.4, -0.2) is 29.2 Å². The van der Waals surface area contributed by atoms with Crippen molar-refractivity contribution >= 4 is 5.82 Å². The molecule has 1 N–H and O–H groups in total. The summed E-state index contributed by atoms with van der Waals surface area (Å²) in [7, 11) is 0. The number of ether oxygens (including phenoxy) is 1. The lowest BCUT2D eigenvalue weighted by molar-refractivity contribution is 0.120. The van der Waals surface area contributed by atoms with Crippen LogP contribution in [0.5, 0.6) is 0 Å². The maximum Gasteiger partial charge on any atom is 0.129 e. The summed E-state index contributed by atoms with van der Waals surface area (Å²) >= 11 is 0. The normalized spacial score (nSPS) is 19.9. The van der Waals surface area contributed by atoms with Crippen molar-refractivity contribution in [1.82, 2.24) is 9.97 Å². The summed E-state index contributed by atoms with van der Waals surface area (Å²) in [6.07, 6.45) is 6.43. The molecule has 4 nitrogen and oxygen atoms in total. The third-order valence-corrected chi connectivity index (χ3v) is 2.76. The van der Waals surface area contributed by atoms with Gasteiger partial charge in [0.15, 0.2) is 0 Å². The van der Waals surface area contributed by atoms with Crippen LogP contribution in [0, 0.1) is 0 Å². The molecule has 2 heterocycles. The van der Waals surface area contributed by atoms with E-state index in [9.17, 15) is 0 Å². The van der Waals surface area contributed by atoms with Crippen molar-refractivity contribution in [2.24, 2.45) is 0 Å². The lowest BCUT2D eigenvalue weighted by Gasteiger charge is -2.11. The van der Waals surface area contributed by atoms with Gasteiger partial charge in [-0.2, -0.15) is 0 Å². The molecule has 1 atom stereocenters. The van der Waals surface area contributed by atoms with Crippen LogP contribution < -0.4 is 5.32 Å². The molecule has 0 spiro atoms. The van der Waals surface area contributed by atoms with Crippen LogP contribution in [-0.2, 0) is 11.2 Å². The molecule has 0 saturated carbocycles. The van der Waals surface area contributed by atoms with E-state index in [0.29, 0.717) is 6.10 Å². The minimum Gasteiger partial charge on any atom is -0.376 e. The van der Waals surface area contributed by atoms with Crippen LogP contribution >= 0.6 is 0 Å². The fourth-order valence-electron chi connectivity index (χ4n) is 1.91. The zero-order valence-corrected chi connectivity index (χ0v) is 9.78. The molecule has 1 fully saturated rings. The zero-order valence-electron chi connectivity index (χ0n) is 9.78. The first-order chi connectivity index (χ1) is 7.88. The van der Waals surface area contributed by atoms with Crippen LogP contribution in [0.4, 0.5) is 5.82 Å². The van der Waals surface area contributed by atoms with Crippen molar-refractivity contribution in [3.63, 3.8) is 0 Å². The predicted octanol–water partition coefficient (Wildman–Crippen LogP) is 2.02. The summed E-state index contributed by atoms with van der Waals surface area (Å²) in [6.45, 7) is 3.90. The monoisotopic (exact) mass is 221 g/mol. The van der Waals surface area contributed by atoms with Gasteiger partial charge in [0, 0.05) is 24.9 Å². The van der Waals surface area contributed by atoms with E-state index in [1.54, 1.807) is 6.33 Å². The highest BCUT2D eigenvalue weighted by Gasteiger charge is 2.14. The molecular formula is C12H19N3O. The highest BCUT2D eigenvalue weighted by molar-refractivity contribution is 5.34. The van der Waals surface area contributed by atoms with Gasteiger partial charge < -0.3 is 10.1 Å². The second-order valence-electron chi connectivity index (χ2n) is 4.16. The quantitative estimate of drug-likeness (QED) is 0.826. The summed E-state index contributed by atoms with van der Waals surface area (Å²) in [5, 5.41) is 3.31. The Kier molecular flexibility index (Phi) is 4.10. The zero-order chi connectivity index (χ0) is 11.2. The van der Waals surface area contributed by atoms with Crippen LogP contribution in [0.2, 0.25) is 0 Å². The van der Waals surface area contributed by atoms with Crippen molar-refractivity contribution < 1.29 is 4.74 Å². The molecule has 1 aliphatic heterocycles. The van der Waals surface area contributed by atoms with Crippen molar-refractivity contribution in [2.45, 2.75) is 38.7 Å². The van der Waals surface area contributed by atoms with Crippen molar-refractivity contribution in [3.8, 4) is 0 Å². The molecule has 0 radical (unpaired) electrons. The fraction of sp³-hybridized carbons (Fsp3) is 0.667. The van der Waals surface area contributed by atoms with Gasteiger partial charge in [-0.05, 0) is 19.3 Å². The lowest BCUT2D eigenvalue weighted by Crippen LogP contribution is -2.19. The number of hydrogen-bond acceptors (Lipinski definition) is 4. The molecule has 1 aromatic rings. The van der Waals surface area contributed by atoms with Gasteiger partial charge in [-0.15, -0.1) is 0 Å². The average Bonchev–Trinajstić information content (AvgIpc) is 2.80. The molecule has 4 heteroatoms. The Balaban J connectivity index is 1.85. The van der Waals surface area contributed by atoms with E-state index in [1.165, 1.54) is 6.42 Å². The number of rotatable bonds is 5. The van der Waals surface area contributed by atoms with Gasteiger partial charge in [0.2, 0.25) is 0 Å². The Labute approximate surface area is 96.4 Å². The van der Waals surface area contributed by atoms with Crippen LogP contribution in [0.1, 0.15) is 31.9 Å². The first-order valence-corrected chi connectivity index (χ1v) is 6.05. The summed E-state index contributed by atoms with van der Waals surface area (Å²) in [5.74, 6) is 0.911. The number of anilines is 1. The standard InChI is InChI=1S/C12H19N3O/c1-2-4-10-7-12(15-9-14-10)13-8-11-5-3-6-16-11/h7,9,11H,2-6,8H2,1H3,(H,13,14,15). The maximum absolute atomic E-state index is 5.55. The Morgan fingerprint density at radius 2 is 2.44 bits per heavy atom. The average molecular weight is 221 g/mol. The van der Waals surface area contributed by atoms with Crippen LogP contribution in [0.15, 0.2) is 12.4 Å². The molecule has 0 aliphatic carbocycles. The van der Waals surface area contributed by atoms with Gasteiger partial charge in [-0.3, -0.25) is 0 Å². The first-order valence-electron chi connectivity index (χ1n) is 6.05. The minimum atomic E-state index is 0.351. The molecule has 1 unspecified atom stereocenters. The highest BCUT2D eigenvalue weighted by Crippen LogP contribution is 2.13. The Hall–Kier alpha value is -1.16. The number of hydrogen-bond donors (Lipinski definition) is 1. The van der Waals surface area contributed by atoms with E-state index in [0.717, 1.165) is 43.9 Å². The Bertz CT molecular complexity index is 324. The van der Waals surface area contributed by atoms with Crippen LogP contribution in [0.3, 0.4) is 0 Å². The Morgan fingerprint density at radius 3 is 3.19 bits per heavy atom. The molecule has 88 valence electrons. The van der Waals surface area contributed by atoms with Crippen molar-refractivity contribution in [1.29, 1.82) is 0 Å². The second kappa shape index (κ2) is 5.80. The van der Waals surface area contributed by atoms with Crippen molar-refractivity contribution in [3.05, 3.63) is 18.1 Å². The number of nitrogens with zero attached hydrogens (tertiary/aromatic N) is 2. The number of aryl methyl sites for hydroxylation is 1. The van der Waals surface area contributed by atoms with E-state index >= 15 is 0 Å². The molecule has 0 amide bonds. The van der Waals surface area contributed by atoms with Gasteiger partial charge in [0.05, 0.1) is 6.10 Å². The molecule has 16 heavy (non-hydrogen) atoms. The van der Waals surface area contributed by atoms with E-state index in [-0.39, 0.29) is 0 Å². The molecule has 0 bridgehead atoms. The maximum atomic E-state index is 5.55. The van der Waals surface area contributed by atoms with Crippen molar-refractivity contribution in [2.75, 3.05) is 18.5 Å². The highest BCUT2D eigenvalue weighted by atomic mass is 16.5. The Morgan fingerprint density at radius 1 is 1.50 bits per heavy atom. The van der Waals surface area contributed by atoms with E-state index in [2.05, 4.69) is 22.2 Å². The smallest absolute Gasteiger partial charge is 0.129 e. The first kappa shape index (κ1) is 11.3. The predicted molar refractivity (Wildman–Crippen MR) is 63.5 cm³/mol. The summed E-state index contributed by atoms with van der Waals surface area (Å²) < 4.78 is 5.55. The molecule has 1 aromatic heterocycles. The largest absolute Gasteiger partial charge is 0.376 e. The third-order valence-electron chi connectivity index (χ3n) is 2.76. The van der Waals surface area contributed by atoms with Gasteiger partial charge in [-0.25, -0.2) is 9.97 Å². The van der Waals surface area contributed by atoms with Crippen LogP contribution in [0.25, 0.3) is 0 Å². The van der Waals surface area contributed by atoms with E-state index in [1.807, 2.05) is 6.07 Å².